The van der Waals surface area contributed by atoms with E-state index < -0.39 is 0 Å². The van der Waals surface area contributed by atoms with Gasteiger partial charge in [0, 0.05) is 5.54 Å². The highest BCUT2D eigenvalue weighted by atomic mass is 14.7. The molecule has 0 bridgehead atoms. The van der Waals surface area contributed by atoms with Gasteiger partial charge in [-0.2, -0.15) is 0 Å². The van der Waals surface area contributed by atoms with Crippen molar-refractivity contribution in [3.05, 3.63) is 35.9 Å². The van der Waals surface area contributed by atoms with Crippen LogP contribution in [0.1, 0.15) is 19.4 Å². The normalized spacial score (nSPS) is 10.6. The zero-order valence-electron chi connectivity index (χ0n) is 7.88. The van der Waals surface area contributed by atoms with Crippen LogP contribution in [-0.4, -0.2) is 5.54 Å². The summed E-state index contributed by atoms with van der Waals surface area (Å²) in [5.41, 5.74) is 7.08. The molecular weight excluding hydrogens is 148 g/mol. The van der Waals surface area contributed by atoms with Crippen molar-refractivity contribution in [3.8, 4) is 0 Å². The molecule has 0 radical (unpaired) electrons. The lowest BCUT2D eigenvalue weighted by Crippen LogP contribution is -2.34. The summed E-state index contributed by atoms with van der Waals surface area (Å²) in [6.45, 7) is 4.08. The van der Waals surface area contributed by atoms with E-state index in [4.69, 9.17) is 5.73 Å². The van der Waals surface area contributed by atoms with Gasteiger partial charge in [0.1, 0.15) is 0 Å². The topological polar surface area (TPSA) is 61.0 Å². The average Bonchev–Trinajstić information content (AvgIpc) is 1.85. The van der Waals surface area contributed by atoms with E-state index in [1.165, 1.54) is 5.56 Å². The van der Waals surface area contributed by atoms with E-state index in [9.17, 15) is 0 Å². The van der Waals surface area contributed by atoms with E-state index in [0.717, 1.165) is 6.42 Å². The lowest BCUT2D eigenvalue weighted by atomic mass is 9.96. The highest BCUT2D eigenvalue weighted by molar-refractivity contribution is 5.16. The molecule has 0 aliphatic heterocycles. The number of hydrogen-bond acceptors (Lipinski definition) is 2. The van der Waals surface area contributed by atoms with Crippen LogP contribution in [0.2, 0.25) is 0 Å². The first-order valence-corrected chi connectivity index (χ1v) is 3.91. The van der Waals surface area contributed by atoms with Crippen LogP contribution < -0.4 is 11.9 Å². The van der Waals surface area contributed by atoms with Crippen LogP contribution in [0, 0.1) is 0 Å². The molecule has 1 aromatic carbocycles. The van der Waals surface area contributed by atoms with Crippen LogP contribution in [-0.2, 0) is 6.42 Å². The highest BCUT2D eigenvalue weighted by Crippen LogP contribution is 2.08. The van der Waals surface area contributed by atoms with Gasteiger partial charge in [-0.1, -0.05) is 30.3 Å². The Hall–Kier alpha value is -0.860. The van der Waals surface area contributed by atoms with Gasteiger partial charge in [0.25, 0.3) is 0 Å². The van der Waals surface area contributed by atoms with Crippen molar-refractivity contribution in [1.29, 1.82) is 0 Å². The van der Waals surface area contributed by atoms with Crippen molar-refractivity contribution in [3.63, 3.8) is 0 Å². The fraction of sp³-hybridized carbons (Fsp3) is 0.400. The molecule has 0 unspecified atom stereocenters. The standard InChI is InChI=1S/C10H15N.H3N/c1-10(2,11)8-9-6-4-3-5-7-9;/h3-7H,8,11H2,1-2H3;1H3. The Morgan fingerprint density at radius 1 is 1.17 bits per heavy atom. The summed E-state index contributed by atoms with van der Waals surface area (Å²) in [7, 11) is 0. The zero-order valence-corrected chi connectivity index (χ0v) is 7.88. The quantitative estimate of drug-likeness (QED) is 0.707. The van der Waals surface area contributed by atoms with Gasteiger partial charge in [-0.3, -0.25) is 0 Å². The maximum absolute atomic E-state index is 5.87. The van der Waals surface area contributed by atoms with Crippen LogP contribution in [0.4, 0.5) is 0 Å². The molecule has 0 fully saturated rings. The largest absolute Gasteiger partial charge is 0.344 e. The van der Waals surface area contributed by atoms with Gasteiger partial charge in [0.05, 0.1) is 0 Å². The van der Waals surface area contributed by atoms with E-state index in [0.29, 0.717) is 0 Å². The molecule has 1 aromatic rings. The molecular formula is C10H18N2. The van der Waals surface area contributed by atoms with E-state index >= 15 is 0 Å². The molecule has 0 aliphatic rings. The lowest BCUT2D eigenvalue weighted by Gasteiger charge is -2.17. The molecule has 0 aliphatic carbocycles. The summed E-state index contributed by atoms with van der Waals surface area (Å²) in [6.07, 6.45) is 0.938. The van der Waals surface area contributed by atoms with Crippen molar-refractivity contribution in [1.82, 2.24) is 6.15 Å². The molecule has 12 heavy (non-hydrogen) atoms. The molecule has 0 saturated carbocycles. The first kappa shape index (κ1) is 11.1. The molecule has 0 spiro atoms. The lowest BCUT2D eigenvalue weighted by molar-refractivity contribution is 0.517. The Morgan fingerprint density at radius 3 is 2.08 bits per heavy atom. The average molecular weight is 166 g/mol. The highest BCUT2D eigenvalue weighted by Gasteiger charge is 2.10. The van der Waals surface area contributed by atoms with Crippen LogP contribution in [0.5, 0.6) is 0 Å². The number of nitrogens with two attached hydrogens (primary N) is 1. The fourth-order valence-electron chi connectivity index (χ4n) is 1.12. The molecule has 0 saturated heterocycles. The van der Waals surface area contributed by atoms with Crippen LogP contribution in [0.3, 0.4) is 0 Å². The van der Waals surface area contributed by atoms with Crippen LogP contribution >= 0.6 is 0 Å². The van der Waals surface area contributed by atoms with Crippen molar-refractivity contribution in [2.24, 2.45) is 5.73 Å². The van der Waals surface area contributed by atoms with Gasteiger partial charge >= 0.3 is 0 Å². The van der Waals surface area contributed by atoms with Crippen molar-refractivity contribution in [2.45, 2.75) is 25.8 Å². The maximum atomic E-state index is 5.87. The summed E-state index contributed by atoms with van der Waals surface area (Å²) in [5, 5.41) is 0. The van der Waals surface area contributed by atoms with E-state index in [1.54, 1.807) is 0 Å². The SMILES string of the molecule is CC(C)(N)Cc1ccccc1.N. The fourth-order valence-corrected chi connectivity index (χ4v) is 1.12. The minimum atomic E-state index is -0.0959. The number of rotatable bonds is 2. The Balaban J connectivity index is 0.00000121. The molecule has 2 heteroatoms. The van der Waals surface area contributed by atoms with Gasteiger partial charge < -0.3 is 11.9 Å². The van der Waals surface area contributed by atoms with Gasteiger partial charge in [-0.05, 0) is 25.8 Å². The Labute approximate surface area is 74.4 Å². The zero-order chi connectivity index (χ0) is 8.32. The number of hydrogen-bond donors (Lipinski definition) is 2. The van der Waals surface area contributed by atoms with Gasteiger partial charge in [0.15, 0.2) is 0 Å². The summed E-state index contributed by atoms with van der Waals surface area (Å²) < 4.78 is 0. The Morgan fingerprint density at radius 2 is 1.67 bits per heavy atom. The summed E-state index contributed by atoms with van der Waals surface area (Å²) in [6, 6.07) is 10.3. The summed E-state index contributed by atoms with van der Waals surface area (Å²) >= 11 is 0. The smallest absolute Gasteiger partial charge is 0.0138 e. The summed E-state index contributed by atoms with van der Waals surface area (Å²) in [5.74, 6) is 0. The Kier molecular flexibility index (Phi) is 3.93. The molecule has 2 nitrogen and oxygen atoms in total. The van der Waals surface area contributed by atoms with Crippen molar-refractivity contribution >= 4 is 0 Å². The maximum Gasteiger partial charge on any atom is 0.0138 e. The van der Waals surface area contributed by atoms with Gasteiger partial charge in [-0.25, -0.2) is 0 Å². The molecule has 1 rings (SSSR count). The molecule has 0 heterocycles. The second kappa shape index (κ2) is 4.24. The first-order chi connectivity index (χ1) is 5.08. The first-order valence-electron chi connectivity index (χ1n) is 3.91. The van der Waals surface area contributed by atoms with E-state index in [-0.39, 0.29) is 11.7 Å². The summed E-state index contributed by atoms with van der Waals surface area (Å²) in [4.78, 5) is 0. The molecule has 68 valence electrons. The second-order valence-electron chi connectivity index (χ2n) is 3.65. The van der Waals surface area contributed by atoms with Gasteiger partial charge in [-0.15, -0.1) is 0 Å². The number of benzene rings is 1. The van der Waals surface area contributed by atoms with Crippen molar-refractivity contribution < 1.29 is 0 Å². The third-order valence-electron chi connectivity index (χ3n) is 1.50. The van der Waals surface area contributed by atoms with E-state index in [1.807, 2.05) is 32.0 Å². The van der Waals surface area contributed by atoms with Crippen LogP contribution in [0.15, 0.2) is 30.3 Å². The predicted octanol–water partition coefficient (Wildman–Crippen LogP) is 2.13. The third-order valence-corrected chi connectivity index (χ3v) is 1.50. The molecule has 0 amide bonds. The predicted molar refractivity (Wildman–Crippen MR) is 53.4 cm³/mol. The van der Waals surface area contributed by atoms with E-state index in [2.05, 4.69) is 12.1 Å². The molecule has 0 aromatic heterocycles. The van der Waals surface area contributed by atoms with Crippen LogP contribution in [0.25, 0.3) is 0 Å². The molecule has 0 atom stereocenters. The monoisotopic (exact) mass is 166 g/mol. The minimum absolute atomic E-state index is 0. The third kappa shape index (κ3) is 4.11. The minimum Gasteiger partial charge on any atom is -0.344 e. The Bertz CT molecular complexity index is 211. The second-order valence-corrected chi connectivity index (χ2v) is 3.65. The molecule has 5 N–H and O–H groups in total. The van der Waals surface area contributed by atoms with Crippen molar-refractivity contribution in [2.75, 3.05) is 0 Å². The van der Waals surface area contributed by atoms with Gasteiger partial charge in [0.2, 0.25) is 0 Å².